The fourth-order valence-corrected chi connectivity index (χ4v) is 3.94. The van der Waals surface area contributed by atoms with Gasteiger partial charge in [-0.15, -0.1) is 0 Å². The van der Waals surface area contributed by atoms with Gasteiger partial charge in [0.05, 0.1) is 12.3 Å². The highest BCUT2D eigenvalue weighted by Crippen LogP contribution is 2.27. The van der Waals surface area contributed by atoms with Crippen LogP contribution in [-0.4, -0.2) is 47.1 Å². The zero-order valence-corrected chi connectivity index (χ0v) is 19.3. The van der Waals surface area contributed by atoms with Gasteiger partial charge in [0.15, 0.2) is 0 Å². The second-order valence-electron chi connectivity index (χ2n) is 8.52. The average Bonchev–Trinajstić information content (AvgIpc) is 3.31. The van der Waals surface area contributed by atoms with Crippen LogP contribution in [0.2, 0.25) is 0 Å². The molecule has 2 amide bonds. The van der Waals surface area contributed by atoms with E-state index in [1.54, 1.807) is 17.0 Å². The van der Waals surface area contributed by atoms with E-state index in [1.807, 2.05) is 31.3 Å². The van der Waals surface area contributed by atoms with Crippen molar-refractivity contribution < 1.29 is 18.7 Å². The summed E-state index contributed by atoms with van der Waals surface area (Å²) in [4.78, 5) is 25.6. The largest absolute Gasteiger partial charge is 0.494 e. The molecule has 34 heavy (non-hydrogen) atoms. The van der Waals surface area contributed by atoms with Gasteiger partial charge in [0.2, 0.25) is 11.8 Å². The maximum Gasteiger partial charge on any atom is 0.224 e. The summed E-state index contributed by atoms with van der Waals surface area (Å²) in [5, 5.41) is 10.2. The van der Waals surface area contributed by atoms with Gasteiger partial charge < -0.3 is 15.0 Å². The van der Waals surface area contributed by atoms with E-state index in [9.17, 15) is 14.0 Å². The van der Waals surface area contributed by atoms with Gasteiger partial charge in [-0.2, -0.15) is 5.10 Å². The molecule has 178 valence electrons. The molecule has 4 rings (SSSR count). The third kappa shape index (κ3) is 6.21. The topological polar surface area (TPSA) is 87.3 Å². The lowest BCUT2D eigenvalue weighted by Crippen LogP contribution is -2.28. The first-order valence-electron chi connectivity index (χ1n) is 11.6. The number of nitrogens with zero attached hydrogens (tertiary/aromatic N) is 2. The van der Waals surface area contributed by atoms with E-state index in [1.165, 1.54) is 12.1 Å². The van der Waals surface area contributed by atoms with Gasteiger partial charge in [0.1, 0.15) is 11.6 Å². The summed E-state index contributed by atoms with van der Waals surface area (Å²) in [5.74, 6) is 0.625. The zero-order valence-electron chi connectivity index (χ0n) is 19.3. The minimum Gasteiger partial charge on any atom is -0.494 e. The first-order valence-corrected chi connectivity index (χ1v) is 11.6. The van der Waals surface area contributed by atoms with Crippen LogP contribution in [0.15, 0.2) is 48.5 Å². The highest BCUT2D eigenvalue weighted by Gasteiger charge is 2.15. The fraction of sp³-hybridized carbons (Fsp3) is 0.346. The first kappa shape index (κ1) is 23.5. The van der Waals surface area contributed by atoms with E-state index in [2.05, 4.69) is 15.5 Å². The minimum atomic E-state index is -0.270. The standard InChI is InChI=1S/C26H29FN4O3/c1-31(14-2-4-21-17-24(30-29-21)18-6-9-20(27)10-7-18)26(33)5-3-15-34-22-11-12-23-19(16-22)8-13-25(32)28-23/h6-7,9-12,16-17H,2-5,8,13-15H2,1H3,(H,28,32)(H,29,30). The summed E-state index contributed by atoms with van der Waals surface area (Å²) in [6.45, 7) is 1.12. The number of amides is 2. The number of rotatable bonds is 10. The summed E-state index contributed by atoms with van der Waals surface area (Å²) >= 11 is 0. The number of nitrogens with one attached hydrogen (secondary N) is 2. The molecule has 7 nitrogen and oxygen atoms in total. The Kier molecular flexibility index (Phi) is 7.57. The highest BCUT2D eigenvalue weighted by molar-refractivity contribution is 5.94. The molecule has 1 aromatic heterocycles. The van der Waals surface area contributed by atoms with E-state index in [0.29, 0.717) is 38.8 Å². The van der Waals surface area contributed by atoms with Crippen molar-refractivity contribution in [3.63, 3.8) is 0 Å². The third-order valence-electron chi connectivity index (χ3n) is 5.91. The van der Waals surface area contributed by atoms with Crippen LogP contribution >= 0.6 is 0 Å². The maximum atomic E-state index is 13.1. The number of H-pyrrole nitrogens is 1. The van der Waals surface area contributed by atoms with Crippen LogP contribution in [0.3, 0.4) is 0 Å². The van der Waals surface area contributed by atoms with Gasteiger partial charge in [-0.05, 0) is 79.8 Å². The number of hydrogen-bond donors (Lipinski definition) is 2. The lowest BCUT2D eigenvalue weighted by atomic mass is 10.0. The van der Waals surface area contributed by atoms with Crippen molar-refractivity contribution in [2.24, 2.45) is 0 Å². The van der Waals surface area contributed by atoms with Crippen LogP contribution in [0, 0.1) is 5.82 Å². The fourth-order valence-electron chi connectivity index (χ4n) is 3.94. The van der Waals surface area contributed by atoms with E-state index < -0.39 is 0 Å². The van der Waals surface area contributed by atoms with Crippen LogP contribution in [0.1, 0.15) is 36.9 Å². The van der Waals surface area contributed by atoms with E-state index in [0.717, 1.165) is 46.8 Å². The lowest BCUT2D eigenvalue weighted by Gasteiger charge is -2.18. The van der Waals surface area contributed by atoms with E-state index in [-0.39, 0.29) is 17.6 Å². The molecule has 0 atom stereocenters. The molecule has 8 heteroatoms. The second kappa shape index (κ2) is 11.0. The molecule has 1 aliphatic rings. The number of fused-ring (bicyclic) bond motifs is 1. The van der Waals surface area contributed by atoms with Crippen molar-refractivity contribution in [1.82, 2.24) is 15.1 Å². The molecule has 0 bridgehead atoms. The van der Waals surface area contributed by atoms with Crippen molar-refractivity contribution in [3.05, 3.63) is 65.6 Å². The van der Waals surface area contributed by atoms with Crippen molar-refractivity contribution in [2.45, 2.75) is 38.5 Å². The van der Waals surface area contributed by atoms with Crippen molar-refractivity contribution in [3.8, 4) is 17.0 Å². The Morgan fingerprint density at radius 2 is 1.94 bits per heavy atom. The van der Waals surface area contributed by atoms with Gasteiger partial charge in [-0.3, -0.25) is 14.7 Å². The predicted molar refractivity (Wildman–Crippen MR) is 128 cm³/mol. The smallest absolute Gasteiger partial charge is 0.224 e. The van der Waals surface area contributed by atoms with Crippen molar-refractivity contribution in [1.29, 1.82) is 0 Å². The summed E-state index contributed by atoms with van der Waals surface area (Å²) in [7, 11) is 1.82. The number of ether oxygens (including phenoxy) is 1. The molecule has 0 saturated heterocycles. The highest BCUT2D eigenvalue weighted by atomic mass is 19.1. The Labute approximate surface area is 198 Å². The summed E-state index contributed by atoms with van der Waals surface area (Å²) in [6.07, 6.45) is 3.86. The molecule has 1 aliphatic heterocycles. The number of carbonyl (C=O) groups is 2. The molecule has 0 saturated carbocycles. The van der Waals surface area contributed by atoms with Crippen molar-refractivity contribution in [2.75, 3.05) is 25.5 Å². The number of aromatic amines is 1. The molecular weight excluding hydrogens is 435 g/mol. The van der Waals surface area contributed by atoms with Crippen LogP contribution in [0.4, 0.5) is 10.1 Å². The van der Waals surface area contributed by atoms with Gasteiger partial charge in [0, 0.05) is 43.4 Å². The monoisotopic (exact) mass is 464 g/mol. The van der Waals surface area contributed by atoms with Crippen LogP contribution in [0.25, 0.3) is 11.3 Å². The maximum absolute atomic E-state index is 13.1. The van der Waals surface area contributed by atoms with Crippen LogP contribution < -0.4 is 10.1 Å². The summed E-state index contributed by atoms with van der Waals surface area (Å²) in [5.41, 5.74) is 4.55. The van der Waals surface area contributed by atoms with Gasteiger partial charge in [0.25, 0.3) is 0 Å². The molecule has 0 aliphatic carbocycles. The molecular formula is C26H29FN4O3. The Morgan fingerprint density at radius 1 is 1.12 bits per heavy atom. The predicted octanol–water partition coefficient (Wildman–Crippen LogP) is 4.35. The van der Waals surface area contributed by atoms with Crippen LogP contribution in [0.5, 0.6) is 5.75 Å². The number of hydrogen-bond acceptors (Lipinski definition) is 4. The van der Waals surface area contributed by atoms with Gasteiger partial charge in [-0.1, -0.05) is 0 Å². The molecule has 0 fully saturated rings. The Morgan fingerprint density at radius 3 is 2.76 bits per heavy atom. The molecule has 0 unspecified atom stereocenters. The molecule has 2 N–H and O–H groups in total. The Hall–Kier alpha value is -3.68. The second-order valence-corrected chi connectivity index (χ2v) is 8.52. The van der Waals surface area contributed by atoms with E-state index in [4.69, 9.17) is 4.74 Å². The van der Waals surface area contributed by atoms with Crippen molar-refractivity contribution >= 4 is 17.5 Å². The Bertz CT molecular complexity index is 1140. The number of benzene rings is 2. The number of carbonyl (C=O) groups excluding carboxylic acids is 2. The van der Waals surface area contributed by atoms with Gasteiger partial charge in [-0.25, -0.2) is 4.39 Å². The third-order valence-corrected chi connectivity index (χ3v) is 5.91. The molecule has 0 spiro atoms. The average molecular weight is 465 g/mol. The van der Waals surface area contributed by atoms with Crippen LogP contribution in [-0.2, 0) is 22.4 Å². The molecule has 3 aromatic rings. The molecule has 2 aromatic carbocycles. The number of aromatic nitrogens is 2. The molecule has 0 radical (unpaired) electrons. The quantitative estimate of drug-likeness (QED) is 0.437. The number of anilines is 1. The number of halogens is 1. The zero-order chi connectivity index (χ0) is 23.9. The SMILES string of the molecule is CN(CCCc1cc(-c2ccc(F)cc2)n[nH]1)C(=O)CCCOc1ccc2c(c1)CCC(=O)N2. The Balaban J connectivity index is 1.14. The summed E-state index contributed by atoms with van der Waals surface area (Å²) < 4.78 is 18.9. The number of aryl methyl sites for hydroxylation is 2. The minimum absolute atomic E-state index is 0.0445. The normalized spacial score (nSPS) is 12.7. The first-order chi connectivity index (χ1) is 16.5. The van der Waals surface area contributed by atoms with E-state index >= 15 is 0 Å². The summed E-state index contributed by atoms with van der Waals surface area (Å²) in [6, 6.07) is 13.9. The van der Waals surface area contributed by atoms with Gasteiger partial charge >= 0.3 is 0 Å². The molecule has 2 heterocycles. The lowest BCUT2D eigenvalue weighted by molar-refractivity contribution is -0.130.